The van der Waals surface area contributed by atoms with E-state index < -0.39 is 5.60 Å². The van der Waals surface area contributed by atoms with Crippen molar-refractivity contribution in [3.8, 4) is 0 Å². The van der Waals surface area contributed by atoms with E-state index >= 15 is 0 Å². The summed E-state index contributed by atoms with van der Waals surface area (Å²) < 4.78 is 5.52. The molecule has 2 aromatic heterocycles. The molecular formula is C17H27IN4O2S. The summed E-state index contributed by atoms with van der Waals surface area (Å²) in [6, 6.07) is 1.88. The Bertz CT molecular complexity index is 709. The molecule has 0 radical (unpaired) electrons. The molecule has 0 aliphatic carbocycles. The number of aliphatic imine (C=N–C) groups is 1. The van der Waals surface area contributed by atoms with E-state index in [1.807, 2.05) is 40.0 Å². The third-order valence-corrected chi connectivity index (χ3v) is 4.53. The van der Waals surface area contributed by atoms with Crippen LogP contribution in [0.2, 0.25) is 0 Å². The number of nitrogens with one attached hydrogen (secondary N) is 2. The van der Waals surface area contributed by atoms with Crippen molar-refractivity contribution in [1.82, 2.24) is 15.6 Å². The Balaban J connectivity index is 0.00000312. The van der Waals surface area contributed by atoms with Crippen LogP contribution >= 0.6 is 35.3 Å². The minimum absolute atomic E-state index is 0. The smallest absolute Gasteiger partial charge is 0.191 e. The zero-order valence-corrected chi connectivity index (χ0v) is 18.5. The van der Waals surface area contributed by atoms with E-state index in [1.54, 1.807) is 18.3 Å². The molecule has 0 aliphatic heterocycles. The van der Waals surface area contributed by atoms with Crippen molar-refractivity contribution in [2.75, 3.05) is 13.1 Å². The first-order valence-corrected chi connectivity index (χ1v) is 8.87. The van der Waals surface area contributed by atoms with Crippen LogP contribution in [0.1, 0.15) is 40.8 Å². The van der Waals surface area contributed by atoms with E-state index in [0.29, 0.717) is 19.0 Å². The summed E-state index contributed by atoms with van der Waals surface area (Å²) in [6.45, 7) is 11.1. The summed E-state index contributed by atoms with van der Waals surface area (Å²) >= 11 is 1.64. The number of halogens is 1. The van der Waals surface area contributed by atoms with Crippen molar-refractivity contribution in [1.29, 1.82) is 0 Å². The van der Waals surface area contributed by atoms with Gasteiger partial charge in [0.2, 0.25) is 0 Å². The van der Waals surface area contributed by atoms with Crippen LogP contribution in [0.15, 0.2) is 21.7 Å². The lowest BCUT2D eigenvalue weighted by atomic mass is 9.96. The van der Waals surface area contributed by atoms with Crippen LogP contribution in [-0.2, 0) is 12.1 Å². The fourth-order valence-electron chi connectivity index (χ4n) is 2.49. The van der Waals surface area contributed by atoms with Crippen LogP contribution in [0.4, 0.5) is 0 Å². The zero-order chi connectivity index (χ0) is 17.7. The summed E-state index contributed by atoms with van der Waals surface area (Å²) in [5.41, 5.74) is -0.250. The molecule has 0 saturated carbocycles. The van der Waals surface area contributed by atoms with Gasteiger partial charge >= 0.3 is 0 Å². The van der Waals surface area contributed by atoms with Gasteiger partial charge in [0.05, 0.1) is 18.1 Å². The normalized spacial score (nSPS) is 13.9. The molecule has 25 heavy (non-hydrogen) atoms. The molecule has 3 N–H and O–H groups in total. The predicted molar refractivity (Wildman–Crippen MR) is 113 cm³/mol. The van der Waals surface area contributed by atoms with E-state index in [-0.39, 0.29) is 24.0 Å². The number of thiazole rings is 1. The maximum absolute atomic E-state index is 10.8. The first kappa shape index (κ1) is 21.9. The molecule has 0 aromatic carbocycles. The molecule has 1 unspecified atom stereocenters. The average molecular weight is 478 g/mol. The third kappa shape index (κ3) is 6.27. The topological polar surface area (TPSA) is 82.7 Å². The Morgan fingerprint density at radius 1 is 1.36 bits per heavy atom. The van der Waals surface area contributed by atoms with E-state index in [4.69, 9.17) is 4.42 Å². The Morgan fingerprint density at radius 2 is 2.08 bits per heavy atom. The number of aryl methyl sites for hydroxylation is 3. The van der Waals surface area contributed by atoms with Gasteiger partial charge in [-0.2, -0.15) is 0 Å². The second kappa shape index (κ2) is 9.54. The number of aliphatic hydroxyl groups is 1. The van der Waals surface area contributed by atoms with Gasteiger partial charge in [0, 0.05) is 23.2 Å². The molecular weight excluding hydrogens is 451 g/mol. The van der Waals surface area contributed by atoms with Crippen molar-refractivity contribution < 1.29 is 9.52 Å². The molecule has 0 fully saturated rings. The maximum atomic E-state index is 10.8. The van der Waals surface area contributed by atoms with Gasteiger partial charge in [-0.15, -0.1) is 35.3 Å². The number of rotatable bonds is 6. The Labute approximate surface area is 170 Å². The lowest BCUT2D eigenvalue weighted by molar-refractivity contribution is 0.0601. The molecule has 2 heterocycles. The largest absolute Gasteiger partial charge is 0.466 e. The Morgan fingerprint density at radius 3 is 2.60 bits per heavy atom. The van der Waals surface area contributed by atoms with Crippen LogP contribution in [-0.4, -0.2) is 29.1 Å². The number of hydrogen-bond acceptors (Lipinski definition) is 5. The molecule has 2 aromatic rings. The van der Waals surface area contributed by atoms with Crippen molar-refractivity contribution in [2.45, 2.75) is 46.8 Å². The maximum Gasteiger partial charge on any atom is 0.191 e. The van der Waals surface area contributed by atoms with Crippen LogP contribution in [0.5, 0.6) is 0 Å². The van der Waals surface area contributed by atoms with Crippen LogP contribution in [0, 0.1) is 20.8 Å². The molecule has 0 saturated heterocycles. The minimum atomic E-state index is -1.04. The van der Waals surface area contributed by atoms with Crippen LogP contribution < -0.4 is 10.6 Å². The van der Waals surface area contributed by atoms with Gasteiger partial charge in [0.25, 0.3) is 0 Å². The molecule has 1 atom stereocenters. The lowest BCUT2D eigenvalue weighted by Crippen LogP contribution is -2.44. The average Bonchev–Trinajstić information content (AvgIpc) is 3.07. The van der Waals surface area contributed by atoms with Crippen molar-refractivity contribution in [3.63, 3.8) is 0 Å². The summed E-state index contributed by atoms with van der Waals surface area (Å²) in [5, 5.41) is 18.2. The highest BCUT2D eigenvalue weighted by atomic mass is 127. The van der Waals surface area contributed by atoms with Gasteiger partial charge in [0.1, 0.15) is 17.1 Å². The van der Waals surface area contributed by atoms with Crippen molar-refractivity contribution in [2.24, 2.45) is 4.99 Å². The molecule has 6 nitrogen and oxygen atoms in total. The molecule has 0 bridgehead atoms. The van der Waals surface area contributed by atoms with Crippen LogP contribution in [0.3, 0.4) is 0 Å². The molecule has 140 valence electrons. The van der Waals surface area contributed by atoms with Crippen LogP contribution in [0.25, 0.3) is 0 Å². The lowest BCUT2D eigenvalue weighted by Gasteiger charge is -2.24. The second-order valence-corrected chi connectivity index (χ2v) is 7.31. The van der Waals surface area contributed by atoms with Gasteiger partial charge in [-0.25, -0.2) is 9.98 Å². The molecule has 0 aliphatic rings. The fourth-order valence-corrected chi connectivity index (χ4v) is 3.21. The summed E-state index contributed by atoms with van der Waals surface area (Å²) in [6.07, 6.45) is 1.85. The third-order valence-electron chi connectivity index (χ3n) is 3.63. The number of furan rings is 1. The molecule has 8 heteroatoms. The second-order valence-electron chi connectivity index (χ2n) is 6.00. The first-order chi connectivity index (χ1) is 11.3. The van der Waals surface area contributed by atoms with E-state index in [2.05, 4.69) is 20.6 Å². The van der Waals surface area contributed by atoms with Gasteiger partial charge in [-0.3, -0.25) is 0 Å². The fraction of sp³-hybridized carbons (Fsp3) is 0.529. The zero-order valence-electron chi connectivity index (χ0n) is 15.3. The monoisotopic (exact) mass is 478 g/mol. The SMILES string of the molecule is CCNC(=NCc1cnc(C)s1)NCC(C)(O)c1cc(C)oc1C.I. The van der Waals surface area contributed by atoms with E-state index in [9.17, 15) is 5.11 Å². The summed E-state index contributed by atoms with van der Waals surface area (Å²) in [7, 11) is 0. The standard InChI is InChI=1S/C17H26N4O2S.HI/c1-6-18-16(20-9-14-8-19-13(4)24-14)21-10-17(5,22)15-7-11(2)23-12(15)3;/h7-8,22H,6,9-10H2,1-5H3,(H2,18,20,21);1H. The quantitative estimate of drug-likeness (QED) is 0.338. The Hall–Kier alpha value is -1.13. The molecule has 2 rings (SSSR count). The number of guanidine groups is 1. The first-order valence-electron chi connectivity index (χ1n) is 8.05. The van der Waals surface area contributed by atoms with Gasteiger partial charge in [-0.05, 0) is 40.7 Å². The molecule has 0 spiro atoms. The highest BCUT2D eigenvalue weighted by Gasteiger charge is 2.27. The molecule has 0 amide bonds. The number of nitrogens with zero attached hydrogens (tertiary/aromatic N) is 2. The van der Waals surface area contributed by atoms with E-state index in [0.717, 1.165) is 33.5 Å². The minimum Gasteiger partial charge on any atom is -0.466 e. The van der Waals surface area contributed by atoms with Gasteiger partial charge in [0.15, 0.2) is 5.96 Å². The predicted octanol–water partition coefficient (Wildman–Crippen LogP) is 3.24. The highest BCUT2D eigenvalue weighted by Crippen LogP contribution is 2.26. The van der Waals surface area contributed by atoms with Gasteiger partial charge < -0.3 is 20.2 Å². The summed E-state index contributed by atoms with van der Waals surface area (Å²) in [4.78, 5) is 9.90. The Kier molecular flexibility index (Phi) is 8.36. The van der Waals surface area contributed by atoms with Gasteiger partial charge in [-0.1, -0.05) is 0 Å². The van der Waals surface area contributed by atoms with Crippen molar-refractivity contribution >= 4 is 41.3 Å². The van der Waals surface area contributed by atoms with E-state index in [1.165, 1.54) is 0 Å². The highest BCUT2D eigenvalue weighted by molar-refractivity contribution is 14.0. The number of hydrogen-bond donors (Lipinski definition) is 3. The summed E-state index contributed by atoms with van der Waals surface area (Å²) in [5.74, 6) is 2.20. The number of aromatic nitrogens is 1. The van der Waals surface area contributed by atoms with Crippen molar-refractivity contribution in [3.05, 3.63) is 39.2 Å².